The first-order valence-electron chi connectivity index (χ1n) is 7.47. The molecule has 112 valence electrons. The van der Waals surface area contributed by atoms with Gasteiger partial charge in [-0.25, -0.2) is 4.79 Å². The zero-order chi connectivity index (χ0) is 15.0. The maximum atomic E-state index is 12.9. The van der Waals surface area contributed by atoms with Crippen LogP contribution in [-0.4, -0.2) is 40.6 Å². The van der Waals surface area contributed by atoms with Crippen molar-refractivity contribution in [1.29, 1.82) is 0 Å². The fraction of sp³-hybridized carbons (Fsp3) is 0.500. The summed E-state index contributed by atoms with van der Waals surface area (Å²) in [6, 6.07) is 7.93. The Morgan fingerprint density at radius 1 is 1.29 bits per heavy atom. The number of amides is 2. The second kappa shape index (κ2) is 5.39. The highest BCUT2D eigenvalue weighted by Gasteiger charge is 2.39. The molecule has 1 fully saturated rings. The van der Waals surface area contributed by atoms with Crippen molar-refractivity contribution < 1.29 is 14.7 Å². The normalized spacial score (nSPS) is 20.8. The van der Waals surface area contributed by atoms with E-state index in [1.54, 1.807) is 4.90 Å². The number of hydrogen-bond donors (Lipinski definition) is 1. The molecule has 1 aromatic rings. The molecule has 2 amide bonds. The predicted molar refractivity (Wildman–Crippen MR) is 79.5 cm³/mol. The maximum absolute atomic E-state index is 12.9. The summed E-state index contributed by atoms with van der Waals surface area (Å²) in [7, 11) is 0. The Balaban J connectivity index is 1.90. The van der Waals surface area contributed by atoms with Crippen LogP contribution in [0, 0.1) is 0 Å². The molecule has 1 saturated carbocycles. The molecule has 5 nitrogen and oxygen atoms in total. The molecule has 1 heterocycles. The van der Waals surface area contributed by atoms with Crippen molar-refractivity contribution in [2.24, 2.45) is 0 Å². The SMILES string of the molecule is CC1CCc2ccccc2N1C(=O)N(CC(=O)O)C1CC1. The third-order valence-electron chi connectivity index (χ3n) is 4.27. The van der Waals surface area contributed by atoms with Gasteiger partial charge in [0.1, 0.15) is 6.54 Å². The third-order valence-corrected chi connectivity index (χ3v) is 4.27. The summed E-state index contributed by atoms with van der Waals surface area (Å²) >= 11 is 0. The first kappa shape index (κ1) is 13.9. The van der Waals surface area contributed by atoms with Crippen LogP contribution in [0.1, 0.15) is 31.7 Å². The summed E-state index contributed by atoms with van der Waals surface area (Å²) < 4.78 is 0. The van der Waals surface area contributed by atoms with Gasteiger partial charge in [0, 0.05) is 17.8 Å². The third kappa shape index (κ3) is 2.73. The summed E-state index contributed by atoms with van der Waals surface area (Å²) in [5.41, 5.74) is 2.09. The van der Waals surface area contributed by atoms with Crippen molar-refractivity contribution in [1.82, 2.24) is 4.90 Å². The molecule has 0 radical (unpaired) electrons. The monoisotopic (exact) mass is 288 g/mol. The second-order valence-electron chi connectivity index (χ2n) is 5.92. The molecule has 1 unspecified atom stereocenters. The van der Waals surface area contributed by atoms with Gasteiger partial charge in [0.15, 0.2) is 0 Å². The van der Waals surface area contributed by atoms with E-state index in [0.29, 0.717) is 0 Å². The van der Waals surface area contributed by atoms with E-state index in [1.807, 2.05) is 31.2 Å². The zero-order valence-corrected chi connectivity index (χ0v) is 12.2. The number of anilines is 1. The van der Waals surface area contributed by atoms with E-state index in [9.17, 15) is 9.59 Å². The lowest BCUT2D eigenvalue weighted by molar-refractivity contribution is -0.137. The molecule has 1 aliphatic heterocycles. The average Bonchev–Trinajstić information content (AvgIpc) is 3.28. The van der Waals surface area contributed by atoms with E-state index in [1.165, 1.54) is 4.90 Å². The first-order chi connectivity index (χ1) is 10.1. The van der Waals surface area contributed by atoms with Gasteiger partial charge in [0.05, 0.1) is 0 Å². The number of benzene rings is 1. The van der Waals surface area contributed by atoms with Crippen molar-refractivity contribution in [2.75, 3.05) is 11.4 Å². The highest BCUT2D eigenvalue weighted by atomic mass is 16.4. The van der Waals surface area contributed by atoms with Gasteiger partial charge in [0.2, 0.25) is 0 Å². The van der Waals surface area contributed by atoms with Crippen molar-refractivity contribution >= 4 is 17.7 Å². The van der Waals surface area contributed by atoms with Crippen LogP contribution in [0.2, 0.25) is 0 Å². The Hall–Kier alpha value is -2.04. The number of para-hydroxylation sites is 1. The van der Waals surface area contributed by atoms with E-state index >= 15 is 0 Å². The number of carboxylic acid groups (broad SMARTS) is 1. The molecule has 1 aliphatic carbocycles. The van der Waals surface area contributed by atoms with Gasteiger partial charge in [-0.3, -0.25) is 9.69 Å². The van der Waals surface area contributed by atoms with Crippen molar-refractivity contribution in [3.05, 3.63) is 29.8 Å². The van der Waals surface area contributed by atoms with Crippen LogP contribution in [0.4, 0.5) is 10.5 Å². The number of hydrogen-bond acceptors (Lipinski definition) is 2. The molecule has 1 N–H and O–H groups in total. The Morgan fingerprint density at radius 3 is 2.67 bits per heavy atom. The van der Waals surface area contributed by atoms with Gasteiger partial charge in [-0.1, -0.05) is 18.2 Å². The van der Waals surface area contributed by atoms with Crippen LogP contribution < -0.4 is 4.90 Å². The number of carbonyl (C=O) groups is 2. The van der Waals surface area contributed by atoms with Crippen LogP contribution in [0.3, 0.4) is 0 Å². The van der Waals surface area contributed by atoms with Crippen LogP contribution in [0.25, 0.3) is 0 Å². The minimum Gasteiger partial charge on any atom is -0.480 e. The van der Waals surface area contributed by atoms with Gasteiger partial charge in [-0.2, -0.15) is 0 Å². The first-order valence-corrected chi connectivity index (χ1v) is 7.47. The van der Waals surface area contributed by atoms with E-state index in [-0.39, 0.29) is 24.7 Å². The minimum atomic E-state index is -0.951. The number of aryl methyl sites for hydroxylation is 1. The van der Waals surface area contributed by atoms with Gasteiger partial charge in [0.25, 0.3) is 0 Å². The van der Waals surface area contributed by atoms with Crippen LogP contribution >= 0.6 is 0 Å². The average molecular weight is 288 g/mol. The molecule has 21 heavy (non-hydrogen) atoms. The number of carboxylic acids is 1. The Labute approximate surface area is 124 Å². The second-order valence-corrected chi connectivity index (χ2v) is 5.92. The van der Waals surface area contributed by atoms with Crippen LogP contribution in [0.15, 0.2) is 24.3 Å². The number of fused-ring (bicyclic) bond motifs is 1. The standard InChI is InChI=1S/C16H20N2O3/c1-11-6-7-12-4-2-3-5-14(12)18(11)16(21)17(10-15(19)20)13-8-9-13/h2-5,11,13H,6-10H2,1H3,(H,19,20). The molecule has 0 spiro atoms. The highest BCUT2D eigenvalue weighted by molar-refractivity contribution is 5.95. The van der Waals surface area contributed by atoms with Crippen LogP contribution in [0.5, 0.6) is 0 Å². The van der Waals surface area contributed by atoms with E-state index < -0.39 is 5.97 Å². The van der Waals surface area contributed by atoms with Crippen LogP contribution in [-0.2, 0) is 11.2 Å². The summed E-state index contributed by atoms with van der Waals surface area (Å²) in [4.78, 5) is 27.2. The number of carbonyl (C=O) groups excluding carboxylic acids is 1. The predicted octanol–water partition coefficient (Wildman–Crippen LogP) is 2.50. The molecule has 3 rings (SSSR count). The van der Waals surface area contributed by atoms with Crippen molar-refractivity contribution in [2.45, 2.75) is 44.7 Å². The number of aliphatic carboxylic acids is 1. The molecule has 1 atom stereocenters. The lowest BCUT2D eigenvalue weighted by Gasteiger charge is -2.38. The quantitative estimate of drug-likeness (QED) is 0.929. The summed E-state index contributed by atoms with van der Waals surface area (Å²) in [5.74, 6) is -0.951. The lowest BCUT2D eigenvalue weighted by atomic mass is 9.97. The highest BCUT2D eigenvalue weighted by Crippen LogP contribution is 2.34. The molecule has 2 aliphatic rings. The molecule has 0 saturated heterocycles. The van der Waals surface area contributed by atoms with E-state index in [0.717, 1.165) is 36.9 Å². The van der Waals surface area contributed by atoms with E-state index in [2.05, 4.69) is 0 Å². The van der Waals surface area contributed by atoms with Crippen molar-refractivity contribution in [3.8, 4) is 0 Å². The van der Waals surface area contributed by atoms with Gasteiger partial charge < -0.3 is 10.0 Å². The Kier molecular flexibility index (Phi) is 3.57. The van der Waals surface area contributed by atoms with Gasteiger partial charge in [-0.15, -0.1) is 0 Å². The molecule has 5 heteroatoms. The topological polar surface area (TPSA) is 60.9 Å². The van der Waals surface area contributed by atoms with Gasteiger partial charge in [-0.05, 0) is 44.2 Å². The molecule has 0 aromatic heterocycles. The minimum absolute atomic E-state index is 0.0925. The largest absolute Gasteiger partial charge is 0.480 e. The molecule has 0 bridgehead atoms. The molecular weight excluding hydrogens is 268 g/mol. The fourth-order valence-electron chi connectivity index (χ4n) is 3.00. The number of rotatable bonds is 3. The maximum Gasteiger partial charge on any atom is 0.325 e. The summed E-state index contributed by atoms with van der Waals surface area (Å²) in [5, 5.41) is 9.06. The fourth-order valence-corrected chi connectivity index (χ4v) is 3.00. The zero-order valence-electron chi connectivity index (χ0n) is 12.2. The number of urea groups is 1. The smallest absolute Gasteiger partial charge is 0.325 e. The van der Waals surface area contributed by atoms with Crippen molar-refractivity contribution in [3.63, 3.8) is 0 Å². The van der Waals surface area contributed by atoms with E-state index in [4.69, 9.17) is 5.11 Å². The summed E-state index contributed by atoms with van der Waals surface area (Å²) in [6.07, 6.45) is 3.68. The Bertz CT molecular complexity index is 568. The Morgan fingerprint density at radius 2 is 2.00 bits per heavy atom. The van der Waals surface area contributed by atoms with Gasteiger partial charge >= 0.3 is 12.0 Å². The number of nitrogens with zero attached hydrogens (tertiary/aromatic N) is 2. The lowest BCUT2D eigenvalue weighted by Crippen LogP contribution is -2.51. The molecular formula is C16H20N2O3. The summed E-state index contributed by atoms with van der Waals surface area (Å²) in [6.45, 7) is 1.81. The molecule has 1 aromatic carbocycles.